The van der Waals surface area contributed by atoms with E-state index < -0.39 is 6.17 Å². The Morgan fingerprint density at radius 1 is 0.978 bits per heavy atom. The van der Waals surface area contributed by atoms with Gasteiger partial charge in [0.25, 0.3) is 11.8 Å². The second-order valence-electron chi connectivity index (χ2n) is 11.6. The molecule has 4 rings (SSSR count). The molecule has 1 heterocycles. The van der Waals surface area contributed by atoms with Crippen LogP contribution in [0.4, 0.5) is 4.39 Å². The molecular weight excluding hydrogens is 569 g/mol. The number of amides is 3. The first-order valence-electron chi connectivity index (χ1n) is 15.5. The van der Waals surface area contributed by atoms with Crippen molar-refractivity contribution in [1.29, 1.82) is 5.26 Å². The highest BCUT2D eigenvalue weighted by Crippen LogP contribution is 2.27. The second kappa shape index (κ2) is 17.7. The van der Waals surface area contributed by atoms with Gasteiger partial charge in [0.1, 0.15) is 6.17 Å². The van der Waals surface area contributed by atoms with E-state index in [2.05, 4.69) is 41.1 Å². The number of hydrogen-bond acceptors (Lipinski definition) is 5. The number of nitrogens with one attached hydrogen (secondary N) is 3. The minimum absolute atomic E-state index is 0.0222. The molecule has 1 saturated heterocycles. The topological polar surface area (TPSA) is 114 Å². The van der Waals surface area contributed by atoms with Gasteiger partial charge < -0.3 is 20.9 Å². The normalized spacial score (nSPS) is 14.6. The van der Waals surface area contributed by atoms with Gasteiger partial charge in [0.15, 0.2) is 0 Å². The average molecular weight is 614 g/mol. The SMILES string of the molecule is CCC(NCCNC(=O)c1cc(C(=O)N2CCC(F)C2)cc(-c2ccccc2C#N)c1)C(=O)NCC(C)C.Cc1ccccc1. The maximum absolute atomic E-state index is 13.8. The Bertz CT molecular complexity index is 1470. The Morgan fingerprint density at radius 2 is 1.67 bits per heavy atom. The predicted octanol–water partition coefficient (Wildman–Crippen LogP) is 5.27. The number of hydrogen-bond donors (Lipinski definition) is 3. The molecule has 9 heteroatoms. The van der Waals surface area contributed by atoms with E-state index in [1.807, 2.05) is 39.0 Å². The van der Waals surface area contributed by atoms with E-state index in [4.69, 9.17) is 0 Å². The number of carbonyl (C=O) groups is 3. The summed E-state index contributed by atoms with van der Waals surface area (Å²) in [5, 5.41) is 18.5. The highest BCUT2D eigenvalue weighted by Gasteiger charge is 2.27. The fraction of sp³-hybridized carbons (Fsp3) is 0.389. The maximum Gasteiger partial charge on any atom is 0.253 e. The number of alkyl halides is 1. The van der Waals surface area contributed by atoms with Gasteiger partial charge in [0.2, 0.25) is 5.91 Å². The number of nitriles is 1. The molecule has 0 aromatic heterocycles. The zero-order chi connectivity index (χ0) is 32.8. The van der Waals surface area contributed by atoms with E-state index >= 15 is 0 Å². The van der Waals surface area contributed by atoms with Gasteiger partial charge in [-0.3, -0.25) is 14.4 Å². The Balaban J connectivity index is 0.000000693. The number of nitrogens with zero attached hydrogens (tertiary/aromatic N) is 2. The predicted molar refractivity (Wildman–Crippen MR) is 175 cm³/mol. The first-order chi connectivity index (χ1) is 21.6. The Morgan fingerprint density at radius 3 is 2.27 bits per heavy atom. The summed E-state index contributed by atoms with van der Waals surface area (Å²) < 4.78 is 13.8. The molecule has 8 nitrogen and oxygen atoms in total. The lowest BCUT2D eigenvalue weighted by Crippen LogP contribution is -2.47. The van der Waals surface area contributed by atoms with E-state index in [1.165, 1.54) is 16.5 Å². The number of carbonyl (C=O) groups excluding carboxylic acids is 3. The minimum Gasteiger partial charge on any atom is -0.354 e. The molecule has 1 fully saturated rings. The van der Waals surface area contributed by atoms with Crippen molar-refractivity contribution in [2.24, 2.45) is 5.92 Å². The lowest BCUT2D eigenvalue weighted by Gasteiger charge is -2.18. The highest BCUT2D eigenvalue weighted by molar-refractivity contribution is 6.01. The van der Waals surface area contributed by atoms with Crippen molar-refractivity contribution in [3.63, 3.8) is 0 Å². The molecule has 238 valence electrons. The van der Waals surface area contributed by atoms with Gasteiger partial charge in [0, 0.05) is 37.3 Å². The lowest BCUT2D eigenvalue weighted by atomic mass is 9.95. The Kier molecular flexibility index (Phi) is 13.7. The van der Waals surface area contributed by atoms with Crippen LogP contribution in [0.15, 0.2) is 72.8 Å². The molecule has 3 amide bonds. The van der Waals surface area contributed by atoms with Gasteiger partial charge >= 0.3 is 0 Å². The fourth-order valence-corrected chi connectivity index (χ4v) is 4.86. The van der Waals surface area contributed by atoms with Crippen molar-refractivity contribution in [2.75, 3.05) is 32.7 Å². The summed E-state index contributed by atoms with van der Waals surface area (Å²) in [6.07, 6.45) is -0.159. The van der Waals surface area contributed by atoms with Crippen LogP contribution in [0.2, 0.25) is 0 Å². The molecule has 1 aliphatic rings. The Hall–Kier alpha value is -4.55. The van der Waals surface area contributed by atoms with Crippen LogP contribution in [-0.2, 0) is 4.79 Å². The van der Waals surface area contributed by atoms with Gasteiger partial charge in [-0.05, 0) is 61.1 Å². The van der Waals surface area contributed by atoms with E-state index in [9.17, 15) is 24.0 Å². The van der Waals surface area contributed by atoms with Crippen molar-refractivity contribution in [3.05, 3.63) is 95.1 Å². The molecule has 3 N–H and O–H groups in total. The largest absolute Gasteiger partial charge is 0.354 e. The summed E-state index contributed by atoms with van der Waals surface area (Å²) in [5.74, 6) is -0.459. The van der Waals surface area contributed by atoms with Gasteiger partial charge in [-0.1, -0.05) is 74.9 Å². The van der Waals surface area contributed by atoms with E-state index in [0.717, 1.165) is 0 Å². The first kappa shape index (κ1) is 34.9. The van der Waals surface area contributed by atoms with E-state index in [0.29, 0.717) is 48.7 Å². The van der Waals surface area contributed by atoms with Crippen molar-refractivity contribution < 1.29 is 18.8 Å². The monoisotopic (exact) mass is 613 g/mol. The summed E-state index contributed by atoms with van der Waals surface area (Å²) in [4.78, 5) is 40.0. The summed E-state index contributed by atoms with van der Waals surface area (Å²) in [6.45, 7) is 9.64. The van der Waals surface area contributed by atoms with Crippen LogP contribution >= 0.6 is 0 Å². The lowest BCUT2D eigenvalue weighted by molar-refractivity contribution is -0.123. The van der Waals surface area contributed by atoms with Crippen LogP contribution in [0.5, 0.6) is 0 Å². The molecule has 0 saturated carbocycles. The zero-order valence-electron chi connectivity index (χ0n) is 26.6. The first-order valence-corrected chi connectivity index (χ1v) is 15.5. The molecule has 2 atom stereocenters. The molecule has 0 bridgehead atoms. The summed E-state index contributed by atoms with van der Waals surface area (Å²) in [7, 11) is 0. The fourth-order valence-electron chi connectivity index (χ4n) is 4.86. The van der Waals surface area contributed by atoms with Crippen molar-refractivity contribution in [2.45, 2.75) is 52.8 Å². The molecule has 1 aliphatic heterocycles. The van der Waals surface area contributed by atoms with Gasteiger partial charge in [-0.25, -0.2) is 4.39 Å². The van der Waals surface area contributed by atoms with Crippen LogP contribution < -0.4 is 16.0 Å². The van der Waals surface area contributed by atoms with Crippen molar-refractivity contribution in [3.8, 4) is 17.2 Å². The molecule has 3 aromatic rings. The van der Waals surface area contributed by atoms with Crippen LogP contribution in [0.25, 0.3) is 11.1 Å². The molecule has 0 aliphatic carbocycles. The van der Waals surface area contributed by atoms with E-state index in [-0.39, 0.29) is 54.4 Å². The van der Waals surface area contributed by atoms with E-state index in [1.54, 1.807) is 36.4 Å². The third kappa shape index (κ3) is 10.8. The average Bonchev–Trinajstić information content (AvgIpc) is 3.49. The summed E-state index contributed by atoms with van der Waals surface area (Å²) in [6, 6.07) is 23.8. The standard InChI is InChI=1S/C29H36FN5O3.C7H8/c1-4-26(28(37)34-17-19(2)3)32-10-11-33-27(36)22-13-21(25-8-6-5-7-20(25)16-31)14-23(15-22)29(38)35-12-9-24(30)18-35;1-7-5-3-2-4-6-7/h5-8,13-15,19,24,26,32H,4,9-12,17-18H2,1-3H3,(H,33,36)(H,34,37);2-6H,1H3. The third-order valence-electron chi connectivity index (χ3n) is 7.37. The maximum atomic E-state index is 13.8. The van der Waals surface area contributed by atoms with Gasteiger partial charge in [-0.15, -0.1) is 0 Å². The molecule has 2 unspecified atom stereocenters. The number of benzene rings is 3. The number of halogens is 1. The van der Waals surface area contributed by atoms with Crippen LogP contribution in [-0.4, -0.2) is 67.6 Å². The smallest absolute Gasteiger partial charge is 0.253 e. The van der Waals surface area contributed by atoms with Crippen LogP contribution in [0, 0.1) is 24.2 Å². The quantitative estimate of drug-likeness (QED) is 0.255. The summed E-state index contributed by atoms with van der Waals surface area (Å²) in [5.41, 5.74) is 3.42. The zero-order valence-corrected chi connectivity index (χ0v) is 26.6. The number of rotatable bonds is 11. The van der Waals surface area contributed by atoms with Crippen LogP contribution in [0.3, 0.4) is 0 Å². The van der Waals surface area contributed by atoms with Gasteiger partial charge in [0.05, 0.1) is 24.2 Å². The molecular formula is C36H44FN5O3. The van der Waals surface area contributed by atoms with Crippen LogP contribution in [0.1, 0.15) is 65.5 Å². The second-order valence-corrected chi connectivity index (χ2v) is 11.6. The number of likely N-dealkylation sites (tertiary alicyclic amines) is 1. The summed E-state index contributed by atoms with van der Waals surface area (Å²) >= 11 is 0. The molecule has 3 aromatic carbocycles. The third-order valence-corrected chi connectivity index (χ3v) is 7.37. The van der Waals surface area contributed by atoms with Crippen molar-refractivity contribution in [1.82, 2.24) is 20.9 Å². The van der Waals surface area contributed by atoms with Crippen molar-refractivity contribution >= 4 is 17.7 Å². The molecule has 0 spiro atoms. The molecule has 0 radical (unpaired) electrons. The Labute approximate surface area is 266 Å². The molecule has 45 heavy (non-hydrogen) atoms. The highest BCUT2D eigenvalue weighted by atomic mass is 19.1. The minimum atomic E-state index is -1.06. The van der Waals surface area contributed by atoms with Gasteiger partial charge in [-0.2, -0.15) is 5.26 Å². The number of aryl methyl sites for hydroxylation is 1.